The molecular weight excluding hydrogens is 366 g/mol. The van der Waals surface area contributed by atoms with Gasteiger partial charge in [0.2, 0.25) is 0 Å². The van der Waals surface area contributed by atoms with E-state index in [9.17, 15) is 0 Å². The molecule has 0 aliphatic rings. The van der Waals surface area contributed by atoms with Crippen molar-refractivity contribution in [3.8, 4) is 17.2 Å². The van der Waals surface area contributed by atoms with Crippen LogP contribution in [-0.4, -0.2) is 13.3 Å². The van der Waals surface area contributed by atoms with Crippen molar-refractivity contribution >= 4 is 27.8 Å². The lowest BCUT2D eigenvalue weighted by Gasteiger charge is -2.05. The lowest BCUT2D eigenvalue weighted by molar-refractivity contribution is 0.412. The number of para-hydroxylation sites is 1. The van der Waals surface area contributed by atoms with Crippen LogP contribution < -0.4 is 9.47 Å². The highest BCUT2D eigenvalue weighted by atomic mass is 79.9. The molecular formula is C20H16BrNO2. The molecule has 3 rings (SSSR count). The minimum absolute atomic E-state index is 0.785. The summed E-state index contributed by atoms with van der Waals surface area (Å²) < 4.78 is 11.9. The summed E-state index contributed by atoms with van der Waals surface area (Å²) in [4.78, 5) is 4.48. The van der Waals surface area contributed by atoms with Crippen LogP contribution in [0.1, 0.15) is 5.56 Å². The van der Waals surface area contributed by atoms with Gasteiger partial charge in [0.1, 0.15) is 17.2 Å². The molecule has 0 bridgehead atoms. The van der Waals surface area contributed by atoms with Crippen molar-refractivity contribution in [1.29, 1.82) is 0 Å². The molecule has 3 aromatic rings. The number of benzene rings is 3. The third-order valence-corrected chi connectivity index (χ3v) is 3.97. The second kappa shape index (κ2) is 7.79. The minimum Gasteiger partial charge on any atom is -0.496 e. The van der Waals surface area contributed by atoms with E-state index >= 15 is 0 Å². The van der Waals surface area contributed by atoms with Gasteiger partial charge in [-0.1, -0.05) is 18.2 Å². The van der Waals surface area contributed by atoms with Gasteiger partial charge in [0, 0.05) is 6.21 Å². The van der Waals surface area contributed by atoms with Crippen LogP contribution in [-0.2, 0) is 0 Å². The lowest BCUT2D eigenvalue weighted by atomic mass is 10.2. The van der Waals surface area contributed by atoms with Gasteiger partial charge in [-0.25, -0.2) is 0 Å². The highest BCUT2D eigenvalue weighted by Gasteiger charge is 2.00. The van der Waals surface area contributed by atoms with Gasteiger partial charge in [-0.05, 0) is 76.1 Å². The second-order valence-corrected chi connectivity index (χ2v) is 5.92. The standard InChI is InChI=1S/C20H16BrNO2/c1-23-20-12-7-15(13-19(20)21)14-22-16-8-10-18(11-9-16)24-17-5-3-2-4-6-17/h2-14H,1H3. The summed E-state index contributed by atoms with van der Waals surface area (Å²) in [6.45, 7) is 0. The van der Waals surface area contributed by atoms with Crippen LogP contribution in [0.15, 0.2) is 82.3 Å². The van der Waals surface area contributed by atoms with E-state index in [1.807, 2.05) is 79.0 Å². The Morgan fingerprint density at radius 3 is 2.25 bits per heavy atom. The Bertz CT molecular complexity index is 830. The number of aliphatic imine (C=N–C) groups is 1. The van der Waals surface area contributed by atoms with Gasteiger partial charge >= 0.3 is 0 Å². The third-order valence-electron chi connectivity index (χ3n) is 3.35. The molecule has 24 heavy (non-hydrogen) atoms. The van der Waals surface area contributed by atoms with E-state index in [4.69, 9.17) is 9.47 Å². The predicted molar refractivity (Wildman–Crippen MR) is 101 cm³/mol. The van der Waals surface area contributed by atoms with Gasteiger partial charge in [-0.15, -0.1) is 0 Å². The van der Waals surface area contributed by atoms with Gasteiger partial charge in [-0.3, -0.25) is 4.99 Å². The monoisotopic (exact) mass is 381 g/mol. The highest BCUT2D eigenvalue weighted by molar-refractivity contribution is 9.10. The van der Waals surface area contributed by atoms with Crippen molar-refractivity contribution in [3.63, 3.8) is 0 Å². The smallest absolute Gasteiger partial charge is 0.133 e. The molecule has 0 N–H and O–H groups in total. The van der Waals surface area contributed by atoms with Crippen LogP contribution in [0.4, 0.5) is 5.69 Å². The second-order valence-electron chi connectivity index (χ2n) is 5.06. The topological polar surface area (TPSA) is 30.8 Å². The van der Waals surface area contributed by atoms with E-state index in [-0.39, 0.29) is 0 Å². The summed E-state index contributed by atoms with van der Waals surface area (Å²) >= 11 is 3.47. The van der Waals surface area contributed by atoms with E-state index in [1.165, 1.54) is 0 Å². The quantitative estimate of drug-likeness (QED) is 0.507. The normalized spacial score (nSPS) is 10.8. The van der Waals surface area contributed by atoms with E-state index in [0.717, 1.165) is 33.0 Å². The zero-order chi connectivity index (χ0) is 16.8. The predicted octanol–water partition coefficient (Wildman–Crippen LogP) is 6.00. The first-order valence-electron chi connectivity index (χ1n) is 7.45. The number of ether oxygens (including phenoxy) is 2. The zero-order valence-electron chi connectivity index (χ0n) is 13.1. The fourth-order valence-corrected chi connectivity index (χ4v) is 2.70. The molecule has 0 saturated carbocycles. The number of methoxy groups -OCH3 is 1. The van der Waals surface area contributed by atoms with Crippen LogP contribution in [0.25, 0.3) is 0 Å². The molecule has 4 heteroatoms. The Balaban J connectivity index is 1.68. The Morgan fingerprint density at radius 2 is 1.58 bits per heavy atom. The highest BCUT2D eigenvalue weighted by Crippen LogP contribution is 2.26. The molecule has 0 radical (unpaired) electrons. The average Bonchev–Trinajstić information content (AvgIpc) is 2.62. The van der Waals surface area contributed by atoms with Crippen molar-refractivity contribution in [2.45, 2.75) is 0 Å². The van der Waals surface area contributed by atoms with Crippen molar-refractivity contribution in [1.82, 2.24) is 0 Å². The molecule has 0 aliphatic heterocycles. The number of hydrogen-bond acceptors (Lipinski definition) is 3. The minimum atomic E-state index is 0.785. The fourth-order valence-electron chi connectivity index (χ4n) is 2.14. The summed E-state index contributed by atoms with van der Waals surface area (Å²) in [5.74, 6) is 2.40. The Kier molecular flexibility index (Phi) is 5.29. The molecule has 0 amide bonds. The third kappa shape index (κ3) is 4.24. The van der Waals surface area contributed by atoms with Crippen molar-refractivity contribution < 1.29 is 9.47 Å². The van der Waals surface area contributed by atoms with Crippen molar-refractivity contribution in [2.75, 3.05) is 7.11 Å². The van der Waals surface area contributed by atoms with Crippen LogP contribution in [0.3, 0.4) is 0 Å². The van der Waals surface area contributed by atoms with E-state index in [2.05, 4.69) is 20.9 Å². The number of halogens is 1. The van der Waals surface area contributed by atoms with Crippen LogP contribution in [0.5, 0.6) is 17.2 Å². The molecule has 0 atom stereocenters. The van der Waals surface area contributed by atoms with Gasteiger partial charge < -0.3 is 9.47 Å². The molecule has 120 valence electrons. The molecule has 0 aromatic heterocycles. The summed E-state index contributed by atoms with van der Waals surface area (Å²) in [5, 5.41) is 0. The summed E-state index contributed by atoms with van der Waals surface area (Å²) in [7, 11) is 1.65. The number of rotatable bonds is 5. The van der Waals surface area contributed by atoms with E-state index in [1.54, 1.807) is 7.11 Å². The lowest BCUT2D eigenvalue weighted by Crippen LogP contribution is -1.87. The SMILES string of the molecule is COc1ccc(C=Nc2ccc(Oc3ccccc3)cc2)cc1Br. The van der Waals surface area contributed by atoms with Gasteiger partial charge in [0.25, 0.3) is 0 Å². The Morgan fingerprint density at radius 1 is 0.875 bits per heavy atom. The Hall–Kier alpha value is -2.59. The molecule has 0 fully saturated rings. The molecule has 0 saturated heterocycles. The maximum Gasteiger partial charge on any atom is 0.133 e. The van der Waals surface area contributed by atoms with Gasteiger partial charge in [0.05, 0.1) is 17.3 Å². The first-order valence-corrected chi connectivity index (χ1v) is 8.24. The largest absolute Gasteiger partial charge is 0.496 e. The summed E-state index contributed by atoms with van der Waals surface area (Å²) in [5.41, 5.74) is 1.86. The molecule has 0 unspecified atom stereocenters. The van der Waals surface area contributed by atoms with Crippen LogP contribution in [0, 0.1) is 0 Å². The average molecular weight is 382 g/mol. The first kappa shape index (κ1) is 16.3. The van der Waals surface area contributed by atoms with Crippen molar-refractivity contribution in [2.24, 2.45) is 4.99 Å². The van der Waals surface area contributed by atoms with E-state index < -0.39 is 0 Å². The van der Waals surface area contributed by atoms with Crippen LogP contribution in [0.2, 0.25) is 0 Å². The molecule has 0 aliphatic carbocycles. The zero-order valence-corrected chi connectivity index (χ0v) is 14.7. The maximum absolute atomic E-state index is 5.77. The molecule has 0 heterocycles. The van der Waals surface area contributed by atoms with Gasteiger partial charge in [-0.2, -0.15) is 0 Å². The van der Waals surface area contributed by atoms with Crippen molar-refractivity contribution in [3.05, 3.63) is 82.8 Å². The maximum atomic E-state index is 5.77. The molecule has 0 spiro atoms. The summed E-state index contributed by atoms with van der Waals surface area (Å²) in [6.07, 6.45) is 1.82. The molecule has 3 aromatic carbocycles. The van der Waals surface area contributed by atoms with Crippen LogP contribution >= 0.6 is 15.9 Å². The first-order chi connectivity index (χ1) is 11.7. The molecule has 3 nitrogen and oxygen atoms in total. The Labute approximate surface area is 149 Å². The number of nitrogens with zero attached hydrogens (tertiary/aromatic N) is 1. The van der Waals surface area contributed by atoms with E-state index in [0.29, 0.717) is 0 Å². The fraction of sp³-hybridized carbons (Fsp3) is 0.0500. The summed E-state index contributed by atoms with van der Waals surface area (Å²) in [6, 6.07) is 23.2. The van der Waals surface area contributed by atoms with Gasteiger partial charge in [0.15, 0.2) is 0 Å². The number of hydrogen-bond donors (Lipinski definition) is 0.